The summed E-state index contributed by atoms with van der Waals surface area (Å²) in [5, 5.41) is 9.26. The van der Waals surface area contributed by atoms with Gasteiger partial charge < -0.3 is 18.6 Å². The second-order valence-electron chi connectivity index (χ2n) is 19.4. The van der Waals surface area contributed by atoms with Crippen molar-refractivity contribution in [1.82, 2.24) is 0 Å². The maximum atomic E-state index is 7.06. The van der Waals surface area contributed by atoms with Gasteiger partial charge in [-0.15, -0.1) is 0 Å². The smallest absolute Gasteiger partial charge is 0.204 e. The summed E-state index contributed by atoms with van der Waals surface area (Å²) in [6, 6.07) is 58.5. The Hall–Kier alpha value is -7.44. The van der Waals surface area contributed by atoms with Crippen molar-refractivity contribution in [3.8, 4) is 22.3 Å². The first kappa shape index (κ1) is 38.3. The van der Waals surface area contributed by atoms with Crippen LogP contribution < -0.4 is 21.1 Å². The van der Waals surface area contributed by atoms with Crippen LogP contribution in [-0.4, -0.2) is 7.28 Å². The summed E-state index contributed by atoms with van der Waals surface area (Å²) >= 11 is 0. The minimum Gasteiger partial charge on any atom is -0.454 e. The van der Waals surface area contributed by atoms with Crippen molar-refractivity contribution in [1.29, 1.82) is 0 Å². The van der Waals surface area contributed by atoms with Gasteiger partial charge in [0, 0.05) is 43.7 Å². The van der Waals surface area contributed by atoms with Crippen LogP contribution in [0.15, 0.2) is 177 Å². The van der Waals surface area contributed by atoms with Crippen LogP contribution in [0.5, 0.6) is 0 Å². The highest BCUT2D eigenvalue weighted by Gasteiger charge is 2.37. The molecular formula is C58H47BN2O3. The molecule has 0 atom stereocenters. The topological polar surface area (TPSA) is 54.7 Å². The number of anilines is 5. The molecule has 0 saturated heterocycles. The molecule has 310 valence electrons. The zero-order chi connectivity index (χ0) is 43.5. The van der Waals surface area contributed by atoms with E-state index in [9.17, 15) is 0 Å². The van der Waals surface area contributed by atoms with Crippen molar-refractivity contribution in [3.05, 3.63) is 175 Å². The van der Waals surface area contributed by atoms with Gasteiger partial charge in [-0.25, -0.2) is 0 Å². The summed E-state index contributed by atoms with van der Waals surface area (Å²) in [5.41, 5.74) is 17.2. The van der Waals surface area contributed by atoms with E-state index in [2.05, 4.69) is 203 Å². The number of hydrogen-bond acceptors (Lipinski definition) is 5. The Kier molecular flexibility index (Phi) is 8.39. The predicted molar refractivity (Wildman–Crippen MR) is 270 cm³/mol. The molecule has 1 aliphatic heterocycles. The average Bonchev–Trinajstić information content (AvgIpc) is 3.99. The third-order valence-electron chi connectivity index (χ3n) is 13.3. The molecular weight excluding hydrogens is 783 g/mol. The lowest BCUT2D eigenvalue weighted by Gasteiger charge is -2.33. The van der Waals surface area contributed by atoms with Gasteiger partial charge in [-0.3, -0.25) is 4.90 Å². The lowest BCUT2D eigenvalue weighted by molar-refractivity contribution is 0.590. The van der Waals surface area contributed by atoms with Gasteiger partial charge in [-0.05, 0) is 98.6 Å². The van der Waals surface area contributed by atoms with E-state index in [4.69, 9.17) is 13.3 Å². The quantitative estimate of drug-likeness (QED) is 0.175. The third kappa shape index (κ3) is 6.00. The molecule has 12 rings (SSSR count). The summed E-state index contributed by atoms with van der Waals surface area (Å²) < 4.78 is 21.0. The molecule has 3 aromatic heterocycles. The summed E-state index contributed by atoms with van der Waals surface area (Å²) in [6.07, 6.45) is 0. The van der Waals surface area contributed by atoms with Crippen LogP contribution in [-0.2, 0) is 10.8 Å². The van der Waals surface area contributed by atoms with Gasteiger partial charge >= 0.3 is 0 Å². The SMILES string of the molecule is CC(C)(C)c1ccc(Nc2c(-c3cc4c(oc5ccccc54)c4c3Bc3c(oc5ccccc35)N4c3ccc(C(C)(C)C)cc3-c3ccccc3)ccc3c2oc2ccccc23)cc1. The van der Waals surface area contributed by atoms with Crippen LogP contribution in [0.3, 0.4) is 0 Å². The van der Waals surface area contributed by atoms with E-state index in [1.807, 2.05) is 12.1 Å². The van der Waals surface area contributed by atoms with Gasteiger partial charge in [-0.1, -0.05) is 151 Å². The van der Waals surface area contributed by atoms with Gasteiger partial charge in [0.2, 0.25) is 7.28 Å². The van der Waals surface area contributed by atoms with E-state index in [1.54, 1.807) is 0 Å². The van der Waals surface area contributed by atoms with Gasteiger partial charge in [-0.2, -0.15) is 0 Å². The minimum absolute atomic E-state index is 0.0275. The second kappa shape index (κ2) is 14.0. The highest BCUT2D eigenvalue weighted by Crippen LogP contribution is 2.50. The first-order chi connectivity index (χ1) is 31.0. The first-order valence-corrected chi connectivity index (χ1v) is 22.3. The van der Waals surface area contributed by atoms with Crippen molar-refractivity contribution in [2.24, 2.45) is 0 Å². The molecule has 0 bridgehead atoms. The van der Waals surface area contributed by atoms with E-state index >= 15 is 0 Å². The molecule has 1 N–H and O–H groups in total. The lowest BCUT2D eigenvalue weighted by Crippen LogP contribution is -2.40. The molecule has 0 amide bonds. The standard InChI is InChI=1S/C58H47BN2O3/c1-57(2,3)35-24-27-37(28-25-35)60-52-40(29-30-41-38-18-10-13-21-47(38)62-54(41)52)44-33-45-39-19-11-14-22-48(39)63-55(45)53-50(44)59-51-42-20-12-15-23-49(42)64-56(51)61(53)46-31-26-36(58(4,5)6)32-43(46)34-16-8-7-9-17-34/h7-33,59-60H,1-6H3. The number of nitrogens with one attached hydrogen (secondary N) is 1. The maximum Gasteiger partial charge on any atom is 0.204 e. The molecule has 0 unspecified atom stereocenters. The zero-order valence-corrected chi connectivity index (χ0v) is 37.0. The Labute approximate surface area is 373 Å². The summed E-state index contributed by atoms with van der Waals surface area (Å²) in [6.45, 7) is 13.6. The van der Waals surface area contributed by atoms with Crippen LogP contribution in [0.4, 0.5) is 28.6 Å². The van der Waals surface area contributed by atoms with E-state index in [1.165, 1.54) is 11.1 Å². The fourth-order valence-electron chi connectivity index (χ4n) is 9.86. The Bertz CT molecular complexity index is 3640. The van der Waals surface area contributed by atoms with Crippen LogP contribution in [0.1, 0.15) is 52.7 Å². The number of nitrogens with zero attached hydrogens (tertiary/aromatic N) is 1. The maximum absolute atomic E-state index is 7.06. The van der Waals surface area contributed by atoms with Crippen molar-refractivity contribution in [2.75, 3.05) is 10.2 Å². The molecule has 5 nitrogen and oxygen atoms in total. The molecule has 0 radical (unpaired) electrons. The van der Waals surface area contributed by atoms with E-state index in [-0.39, 0.29) is 10.8 Å². The largest absolute Gasteiger partial charge is 0.454 e. The Morgan fingerprint density at radius 3 is 1.73 bits per heavy atom. The molecule has 64 heavy (non-hydrogen) atoms. The number of para-hydroxylation sites is 3. The van der Waals surface area contributed by atoms with Gasteiger partial charge in [0.15, 0.2) is 17.1 Å². The van der Waals surface area contributed by atoms with E-state index < -0.39 is 0 Å². The number of fused-ring (bicyclic) bond motifs is 11. The van der Waals surface area contributed by atoms with Crippen molar-refractivity contribution >= 4 is 102 Å². The second-order valence-corrected chi connectivity index (χ2v) is 19.4. The molecule has 6 heteroatoms. The number of furan rings is 3. The number of rotatable bonds is 5. The Morgan fingerprint density at radius 2 is 1.05 bits per heavy atom. The lowest BCUT2D eigenvalue weighted by atomic mass is 9.58. The van der Waals surface area contributed by atoms with Gasteiger partial charge in [0.1, 0.15) is 16.7 Å². The number of hydrogen-bond donors (Lipinski definition) is 1. The summed E-state index contributed by atoms with van der Waals surface area (Å²) in [7, 11) is 0.624. The molecule has 4 heterocycles. The van der Waals surface area contributed by atoms with Crippen LogP contribution >= 0.6 is 0 Å². The van der Waals surface area contributed by atoms with Crippen molar-refractivity contribution < 1.29 is 13.3 Å². The Balaban J connectivity index is 1.20. The highest BCUT2D eigenvalue weighted by atomic mass is 16.4. The minimum atomic E-state index is -0.0721. The van der Waals surface area contributed by atoms with Crippen LogP contribution in [0.2, 0.25) is 0 Å². The fraction of sp³-hybridized carbons (Fsp3) is 0.138. The monoisotopic (exact) mass is 830 g/mol. The Morgan fingerprint density at radius 1 is 0.453 bits per heavy atom. The summed E-state index contributed by atoms with van der Waals surface area (Å²) in [5.74, 6) is 0.804. The van der Waals surface area contributed by atoms with E-state index in [0.29, 0.717) is 7.28 Å². The predicted octanol–water partition coefficient (Wildman–Crippen LogP) is 15.1. The third-order valence-corrected chi connectivity index (χ3v) is 13.3. The average molecular weight is 831 g/mol. The van der Waals surface area contributed by atoms with Gasteiger partial charge in [0.05, 0.1) is 17.1 Å². The number of benzene rings is 8. The molecule has 0 fully saturated rings. The molecule has 1 aliphatic rings. The molecule has 0 saturated carbocycles. The van der Waals surface area contributed by atoms with Crippen molar-refractivity contribution in [3.63, 3.8) is 0 Å². The molecule has 11 aromatic rings. The normalized spacial score (nSPS) is 12.9. The van der Waals surface area contributed by atoms with Gasteiger partial charge in [0.25, 0.3) is 0 Å². The van der Waals surface area contributed by atoms with Crippen LogP contribution in [0.25, 0.3) is 77.1 Å². The molecule has 0 aliphatic carbocycles. The van der Waals surface area contributed by atoms with Crippen LogP contribution in [0, 0.1) is 0 Å². The van der Waals surface area contributed by atoms with E-state index in [0.717, 1.165) is 117 Å². The van der Waals surface area contributed by atoms with Crippen molar-refractivity contribution in [2.45, 2.75) is 52.4 Å². The molecule has 0 spiro atoms. The fourth-order valence-corrected chi connectivity index (χ4v) is 9.86. The highest BCUT2D eigenvalue weighted by molar-refractivity contribution is 6.76. The first-order valence-electron chi connectivity index (χ1n) is 22.3. The summed E-state index contributed by atoms with van der Waals surface area (Å²) in [4.78, 5) is 2.36. The molecule has 8 aromatic carbocycles. The zero-order valence-electron chi connectivity index (χ0n) is 37.0.